The van der Waals surface area contributed by atoms with Crippen LogP contribution in [0.4, 0.5) is 17.2 Å². The number of nitrogen functional groups attached to an aromatic ring is 1. The van der Waals surface area contributed by atoms with Crippen LogP contribution in [0.3, 0.4) is 0 Å². The SMILES string of the molecule is CCN1/C(=C/C=C/C=C/C2=[N+](CCCCCC(=O)NCC(C)(C)SSCO[C@@H]3C[C@H](n4cnc5c(N)ncnc54)O[C@@H]3COP(=O)(O)OP(=O)(O)OP(=O)(O)O)c3ccc(S(=O)(=O)O)cc3C2(C)C)C(C)(C)c2cc(S(=O)(=O)O)ccc21. The molecule has 34 heteroatoms. The van der Waals surface area contributed by atoms with Gasteiger partial charge in [0.2, 0.25) is 11.6 Å². The van der Waals surface area contributed by atoms with Crippen molar-refractivity contribution in [2.24, 2.45) is 0 Å². The number of hydrogen-bond acceptors (Lipinski definition) is 20. The minimum Gasteiger partial charge on any atom is -0.382 e. The lowest BCUT2D eigenvalue weighted by molar-refractivity contribution is -0.438. The molecule has 0 spiro atoms. The first-order chi connectivity index (χ1) is 38.0. The monoisotopic (exact) mass is 1280 g/mol. The predicted octanol–water partition coefficient (Wildman–Crippen LogP) is 7.60. The van der Waals surface area contributed by atoms with E-state index in [0.29, 0.717) is 50.1 Å². The van der Waals surface area contributed by atoms with Crippen LogP contribution < -0.4 is 16.0 Å². The quantitative estimate of drug-likeness (QED) is 0.00541. The molecular weight excluding hydrogens is 1210 g/mol. The normalized spacial score (nSPS) is 21.2. The van der Waals surface area contributed by atoms with Gasteiger partial charge in [0.15, 0.2) is 17.2 Å². The third-order valence-electron chi connectivity index (χ3n) is 13.7. The zero-order chi connectivity index (χ0) is 60.4. The van der Waals surface area contributed by atoms with Gasteiger partial charge in [0.25, 0.3) is 20.2 Å². The number of amides is 1. The highest BCUT2D eigenvalue weighted by Gasteiger charge is 2.46. The van der Waals surface area contributed by atoms with Crippen molar-refractivity contribution in [2.75, 3.05) is 42.8 Å². The van der Waals surface area contributed by atoms with Gasteiger partial charge in [0.1, 0.15) is 36.7 Å². The molecule has 82 heavy (non-hydrogen) atoms. The Morgan fingerprint density at radius 3 is 2.27 bits per heavy atom. The van der Waals surface area contributed by atoms with Gasteiger partial charge in [0.05, 0.1) is 34.2 Å². The van der Waals surface area contributed by atoms with Crippen molar-refractivity contribution < 1.29 is 91.2 Å². The fourth-order valence-corrected chi connectivity index (χ4v) is 16.0. The number of ether oxygens (including phenoxy) is 2. The number of phosphoric ester groups is 1. The second kappa shape index (κ2) is 25.4. The summed E-state index contributed by atoms with van der Waals surface area (Å²) in [5.41, 5.74) is 10.2. The number of allylic oxidation sites excluding steroid dienone is 6. The summed E-state index contributed by atoms with van der Waals surface area (Å²) in [6, 6.07) is 9.14. The molecule has 0 radical (unpaired) electrons. The minimum atomic E-state index is -5.78. The molecule has 2 aromatic heterocycles. The largest absolute Gasteiger partial charge is 0.490 e. The number of anilines is 2. The number of unbranched alkanes of at least 4 members (excludes halogenated alkanes) is 2. The molecule has 1 amide bonds. The standard InChI is InChI=1S/C48H65N8O19P3S4/c1-8-54-35-20-18-31(81(65,66)67)23-33(35)47(4,5)39(54)15-11-9-12-16-40-48(6,7)34-24-32(82(68,69)70)19-21-36(34)55(40)22-14-10-13-17-41(57)50-27-46(2,3)80-79-30-71-37-25-42(56-29-53-43-44(49)51-28-52-45(43)56)73-38(37)26-72-77(61,62)75-78(63,64)74-76(58,59)60/h9,11-12,15-16,18-21,23-24,28-29,37-38,42H,8,10,13-14,17,22,25-27,30H2,1-7H3,(H8-,49,50,51,52,57,58,59,60,61,62,63,64,65,66,67,68,69,70)/p+1/t37-,38-,42-/m1/s1. The zero-order valence-electron chi connectivity index (χ0n) is 45.5. The van der Waals surface area contributed by atoms with Gasteiger partial charge in [-0.3, -0.25) is 23.0 Å². The Kier molecular flexibility index (Phi) is 20.2. The van der Waals surface area contributed by atoms with Crippen LogP contribution in [0.5, 0.6) is 0 Å². The summed E-state index contributed by atoms with van der Waals surface area (Å²) >= 11 is 0. The van der Waals surface area contributed by atoms with Gasteiger partial charge in [-0.1, -0.05) is 53.7 Å². The van der Waals surface area contributed by atoms with Crippen LogP contribution in [0, 0.1) is 0 Å². The van der Waals surface area contributed by atoms with Gasteiger partial charge >= 0.3 is 23.5 Å². The van der Waals surface area contributed by atoms with Crippen molar-refractivity contribution >= 4 is 105 Å². The molecule has 2 aromatic carbocycles. The summed E-state index contributed by atoms with van der Waals surface area (Å²) in [5, 5.41) is 3.00. The third kappa shape index (κ3) is 16.0. The summed E-state index contributed by atoms with van der Waals surface area (Å²) in [6.07, 6.45) is 11.7. The van der Waals surface area contributed by atoms with E-state index in [1.165, 1.54) is 63.1 Å². The molecule has 0 saturated carbocycles. The van der Waals surface area contributed by atoms with Crippen LogP contribution >= 0.6 is 45.1 Å². The van der Waals surface area contributed by atoms with E-state index in [-0.39, 0.29) is 45.8 Å². The molecule has 9 N–H and O–H groups in total. The molecule has 5 heterocycles. The van der Waals surface area contributed by atoms with Gasteiger partial charge in [0, 0.05) is 71.6 Å². The van der Waals surface area contributed by atoms with Crippen LogP contribution in [0.1, 0.15) is 97.9 Å². The first kappa shape index (κ1) is 65.3. The smallest absolute Gasteiger partial charge is 0.382 e. The topological polar surface area (TPSA) is 392 Å². The zero-order valence-corrected chi connectivity index (χ0v) is 51.5. The Hall–Kier alpha value is -4.20. The van der Waals surface area contributed by atoms with Gasteiger partial charge in [-0.05, 0) is 89.4 Å². The molecule has 450 valence electrons. The Morgan fingerprint density at radius 1 is 0.915 bits per heavy atom. The number of fused-ring (bicyclic) bond motifs is 3. The van der Waals surface area contributed by atoms with E-state index in [1.807, 2.05) is 78.8 Å². The molecule has 7 rings (SSSR count). The van der Waals surface area contributed by atoms with Crippen molar-refractivity contribution in [2.45, 2.75) is 124 Å². The van der Waals surface area contributed by atoms with E-state index in [4.69, 9.17) is 29.5 Å². The van der Waals surface area contributed by atoms with Crippen molar-refractivity contribution in [3.05, 3.63) is 96.3 Å². The molecule has 3 aliphatic heterocycles. The predicted molar refractivity (Wildman–Crippen MR) is 306 cm³/mol. The number of nitrogens with zero attached hydrogens (tertiary/aromatic N) is 6. The first-order valence-electron chi connectivity index (χ1n) is 25.3. The molecule has 0 bridgehead atoms. The highest BCUT2D eigenvalue weighted by molar-refractivity contribution is 8.77. The van der Waals surface area contributed by atoms with Crippen LogP contribution in [-0.2, 0) is 72.2 Å². The van der Waals surface area contributed by atoms with E-state index < -0.39 is 84.3 Å². The van der Waals surface area contributed by atoms with E-state index >= 15 is 0 Å². The highest BCUT2D eigenvalue weighted by atomic mass is 33.1. The molecule has 3 aliphatic rings. The molecule has 0 aliphatic carbocycles. The second-order valence-electron chi connectivity index (χ2n) is 20.8. The van der Waals surface area contributed by atoms with E-state index in [1.54, 1.807) is 12.1 Å². The van der Waals surface area contributed by atoms with E-state index in [9.17, 15) is 54.2 Å². The summed E-state index contributed by atoms with van der Waals surface area (Å²) in [4.78, 5) is 64.7. The van der Waals surface area contributed by atoms with E-state index in [0.717, 1.165) is 28.3 Å². The summed E-state index contributed by atoms with van der Waals surface area (Å²) in [6.45, 7) is 14.4. The number of hydrogen-bond donors (Lipinski definition) is 8. The molecule has 27 nitrogen and oxygen atoms in total. The number of nitrogens with one attached hydrogen (secondary N) is 1. The lowest BCUT2D eigenvalue weighted by Crippen LogP contribution is -2.35. The molecule has 2 unspecified atom stereocenters. The Balaban J connectivity index is 0.922. The van der Waals surface area contributed by atoms with Crippen molar-refractivity contribution in [1.29, 1.82) is 0 Å². The van der Waals surface area contributed by atoms with Crippen molar-refractivity contribution in [1.82, 2.24) is 24.8 Å². The second-order valence-corrected chi connectivity index (χ2v) is 31.1. The van der Waals surface area contributed by atoms with Crippen LogP contribution in [0.2, 0.25) is 0 Å². The number of carbonyl (C=O) groups excluding carboxylic acids is 1. The number of likely N-dealkylation sites (N-methyl/N-ethyl adjacent to an activating group) is 1. The van der Waals surface area contributed by atoms with Gasteiger partial charge < -0.3 is 45.0 Å². The van der Waals surface area contributed by atoms with Crippen LogP contribution in [-0.4, -0.2) is 130 Å². The lowest BCUT2D eigenvalue weighted by Gasteiger charge is -2.25. The first-order valence-corrected chi connectivity index (χ1v) is 35.0. The number of phosphoric acid groups is 3. The molecule has 1 saturated heterocycles. The van der Waals surface area contributed by atoms with Gasteiger partial charge in [-0.2, -0.15) is 30.0 Å². The highest BCUT2D eigenvalue weighted by Crippen LogP contribution is 2.66. The minimum absolute atomic E-state index is 0.0387. The fourth-order valence-electron chi connectivity index (χ4n) is 9.78. The summed E-state index contributed by atoms with van der Waals surface area (Å²) in [5.74, 6) is -0.0122. The molecule has 4 aromatic rings. The number of nitrogens with two attached hydrogens (primary N) is 1. The van der Waals surface area contributed by atoms with Crippen molar-refractivity contribution in [3.8, 4) is 0 Å². The maximum absolute atomic E-state index is 13.1. The number of benzene rings is 2. The average Bonchev–Trinajstić information content (AvgIpc) is 2.02. The Labute approximate surface area is 482 Å². The molecule has 5 atom stereocenters. The number of imidazole rings is 1. The van der Waals surface area contributed by atoms with Crippen LogP contribution in [0.25, 0.3) is 11.2 Å². The Morgan fingerprint density at radius 2 is 1.60 bits per heavy atom. The maximum Gasteiger partial charge on any atom is 0.490 e. The fraction of sp³-hybridized carbons (Fsp3) is 0.479. The summed E-state index contributed by atoms with van der Waals surface area (Å²) in [7, 11) is -23.1. The maximum atomic E-state index is 13.1. The number of aromatic nitrogens is 4. The lowest BCUT2D eigenvalue weighted by atomic mass is 9.81. The van der Waals surface area contributed by atoms with Gasteiger partial charge in [-0.25, -0.2) is 28.6 Å². The third-order valence-corrected chi connectivity index (χ3v) is 22.1. The summed E-state index contributed by atoms with van der Waals surface area (Å²) < 4.78 is 132. The van der Waals surface area contributed by atoms with Gasteiger partial charge in [-0.15, -0.1) is 0 Å². The molecule has 1 fully saturated rings. The number of carbonyl (C=O) groups is 1. The average molecular weight is 1280 g/mol. The Bertz CT molecular complexity index is 3590. The number of rotatable bonds is 27. The molecular formula is C48H66N8O19P3S4+. The van der Waals surface area contributed by atoms with Crippen molar-refractivity contribution in [3.63, 3.8) is 0 Å². The van der Waals surface area contributed by atoms with E-state index in [2.05, 4.69) is 38.4 Å². The van der Waals surface area contributed by atoms with Crippen LogP contribution in [0.15, 0.2) is 94.9 Å².